The molecular formula is C12H16FNO2. The molecule has 3 nitrogen and oxygen atoms in total. The van der Waals surface area contributed by atoms with Gasteiger partial charge in [0.05, 0.1) is 5.92 Å². The monoisotopic (exact) mass is 225 g/mol. The maximum absolute atomic E-state index is 12.7. The molecule has 0 saturated heterocycles. The van der Waals surface area contributed by atoms with Gasteiger partial charge in [-0.25, -0.2) is 4.39 Å². The summed E-state index contributed by atoms with van der Waals surface area (Å²) in [7, 11) is 1.86. The Morgan fingerprint density at radius 2 is 2.00 bits per heavy atom. The number of hydrogen-bond donors (Lipinski definition) is 1. The summed E-state index contributed by atoms with van der Waals surface area (Å²) in [5.74, 6) is -1.41. The zero-order valence-electron chi connectivity index (χ0n) is 9.48. The molecule has 0 aliphatic rings. The quantitative estimate of drug-likeness (QED) is 0.836. The highest BCUT2D eigenvalue weighted by atomic mass is 19.1. The SMILES string of the molecule is CC(CCN(C)c1ccc(F)cc1)C(=O)O. The fraction of sp³-hybridized carbons (Fsp3) is 0.417. The van der Waals surface area contributed by atoms with Gasteiger partial charge >= 0.3 is 5.97 Å². The second-order valence-electron chi connectivity index (χ2n) is 3.93. The maximum Gasteiger partial charge on any atom is 0.306 e. The second-order valence-corrected chi connectivity index (χ2v) is 3.93. The van der Waals surface area contributed by atoms with Crippen molar-refractivity contribution in [2.24, 2.45) is 5.92 Å². The molecule has 1 unspecified atom stereocenters. The van der Waals surface area contributed by atoms with Crippen LogP contribution in [0.25, 0.3) is 0 Å². The van der Waals surface area contributed by atoms with E-state index in [1.165, 1.54) is 12.1 Å². The number of carboxylic acid groups (broad SMARTS) is 1. The topological polar surface area (TPSA) is 40.5 Å². The maximum atomic E-state index is 12.7. The van der Waals surface area contributed by atoms with Crippen molar-refractivity contribution in [1.29, 1.82) is 0 Å². The van der Waals surface area contributed by atoms with E-state index in [0.29, 0.717) is 13.0 Å². The van der Waals surface area contributed by atoms with Crippen molar-refractivity contribution >= 4 is 11.7 Å². The Hall–Kier alpha value is -1.58. The van der Waals surface area contributed by atoms with Gasteiger partial charge in [0.2, 0.25) is 0 Å². The van der Waals surface area contributed by atoms with Crippen molar-refractivity contribution < 1.29 is 14.3 Å². The molecule has 0 spiro atoms. The van der Waals surface area contributed by atoms with E-state index in [1.807, 2.05) is 11.9 Å². The molecule has 0 aliphatic heterocycles. The van der Waals surface area contributed by atoms with Gasteiger partial charge in [0.1, 0.15) is 5.82 Å². The summed E-state index contributed by atoms with van der Waals surface area (Å²) in [6.07, 6.45) is 0.573. The Balaban J connectivity index is 2.49. The molecule has 16 heavy (non-hydrogen) atoms. The highest BCUT2D eigenvalue weighted by Crippen LogP contribution is 2.14. The molecular weight excluding hydrogens is 209 g/mol. The Kier molecular flexibility index (Phi) is 4.28. The summed E-state index contributed by atoms with van der Waals surface area (Å²) < 4.78 is 12.7. The summed E-state index contributed by atoms with van der Waals surface area (Å²) in [4.78, 5) is 12.5. The number of aliphatic carboxylic acids is 1. The molecule has 0 amide bonds. The smallest absolute Gasteiger partial charge is 0.306 e. The van der Waals surface area contributed by atoms with E-state index < -0.39 is 5.97 Å². The molecule has 4 heteroatoms. The molecule has 0 fully saturated rings. The molecule has 0 aliphatic carbocycles. The number of rotatable bonds is 5. The average molecular weight is 225 g/mol. The highest BCUT2D eigenvalue weighted by molar-refractivity contribution is 5.69. The normalized spacial score (nSPS) is 12.2. The van der Waals surface area contributed by atoms with Crippen LogP contribution in [0.4, 0.5) is 10.1 Å². The molecule has 0 aromatic heterocycles. The first kappa shape index (κ1) is 12.5. The van der Waals surface area contributed by atoms with Crippen molar-refractivity contribution in [3.8, 4) is 0 Å². The van der Waals surface area contributed by atoms with Crippen LogP contribution in [0, 0.1) is 11.7 Å². The van der Waals surface area contributed by atoms with Crippen LogP contribution < -0.4 is 4.90 Å². The molecule has 1 N–H and O–H groups in total. The van der Waals surface area contributed by atoms with Crippen LogP contribution in [0.15, 0.2) is 24.3 Å². The molecule has 88 valence electrons. The second kappa shape index (κ2) is 5.49. The largest absolute Gasteiger partial charge is 0.481 e. The zero-order chi connectivity index (χ0) is 12.1. The summed E-state index contributed by atoms with van der Waals surface area (Å²) in [5, 5.41) is 8.73. The molecule has 0 heterocycles. The molecule has 0 radical (unpaired) electrons. The van der Waals surface area contributed by atoms with E-state index in [1.54, 1.807) is 19.1 Å². The number of carbonyl (C=O) groups is 1. The summed E-state index contributed by atoms with van der Waals surface area (Å²) in [6, 6.07) is 6.15. The van der Waals surface area contributed by atoms with Gasteiger partial charge in [-0.05, 0) is 30.7 Å². The number of anilines is 1. The Labute approximate surface area is 94.5 Å². The standard InChI is InChI=1S/C12H16FNO2/c1-9(12(15)16)7-8-14(2)11-5-3-10(13)4-6-11/h3-6,9H,7-8H2,1-2H3,(H,15,16). The van der Waals surface area contributed by atoms with Gasteiger partial charge in [0, 0.05) is 19.3 Å². The van der Waals surface area contributed by atoms with Crippen molar-refractivity contribution in [3.05, 3.63) is 30.1 Å². The fourth-order valence-corrected chi connectivity index (χ4v) is 1.34. The number of hydrogen-bond acceptors (Lipinski definition) is 2. The van der Waals surface area contributed by atoms with Crippen molar-refractivity contribution in [1.82, 2.24) is 0 Å². The van der Waals surface area contributed by atoms with E-state index in [0.717, 1.165) is 5.69 Å². The summed E-state index contributed by atoms with van der Waals surface area (Å²) in [6.45, 7) is 2.32. The van der Waals surface area contributed by atoms with Crippen LogP contribution in [0.2, 0.25) is 0 Å². The zero-order valence-corrected chi connectivity index (χ0v) is 9.48. The number of benzene rings is 1. The number of carboxylic acids is 1. The van der Waals surface area contributed by atoms with E-state index >= 15 is 0 Å². The lowest BCUT2D eigenvalue weighted by Gasteiger charge is -2.20. The van der Waals surface area contributed by atoms with Crippen molar-refractivity contribution in [2.75, 3.05) is 18.5 Å². The van der Waals surface area contributed by atoms with E-state index in [9.17, 15) is 9.18 Å². The number of nitrogens with zero attached hydrogens (tertiary/aromatic N) is 1. The lowest BCUT2D eigenvalue weighted by atomic mass is 10.1. The first-order valence-corrected chi connectivity index (χ1v) is 5.20. The highest BCUT2D eigenvalue weighted by Gasteiger charge is 2.11. The third-order valence-corrected chi connectivity index (χ3v) is 2.59. The van der Waals surface area contributed by atoms with Gasteiger partial charge in [0.25, 0.3) is 0 Å². The van der Waals surface area contributed by atoms with Crippen LogP contribution in [-0.2, 0) is 4.79 Å². The van der Waals surface area contributed by atoms with Gasteiger partial charge in [-0.15, -0.1) is 0 Å². The van der Waals surface area contributed by atoms with Crippen molar-refractivity contribution in [2.45, 2.75) is 13.3 Å². The minimum Gasteiger partial charge on any atom is -0.481 e. The summed E-state index contributed by atoms with van der Waals surface area (Å²) in [5.41, 5.74) is 0.888. The van der Waals surface area contributed by atoms with Gasteiger partial charge in [-0.2, -0.15) is 0 Å². The molecule has 0 saturated carbocycles. The van der Waals surface area contributed by atoms with Gasteiger partial charge < -0.3 is 10.0 Å². The minimum absolute atomic E-state index is 0.268. The van der Waals surface area contributed by atoms with Crippen LogP contribution in [0.1, 0.15) is 13.3 Å². The molecule has 0 bridgehead atoms. The Bertz CT molecular complexity index is 351. The lowest BCUT2D eigenvalue weighted by molar-refractivity contribution is -0.141. The van der Waals surface area contributed by atoms with Gasteiger partial charge in [-0.1, -0.05) is 6.92 Å². The minimum atomic E-state index is -0.785. The van der Waals surface area contributed by atoms with Crippen LogP contribution in [0.5, 0.6) is 0 Å². The average Bonchev–Trinajstić information content (AvgIpc) is 2.26. The molecule has 1 aromatic rings. The first-order chi connectivity index (χ1) is 7.50. The lowest BCUT2D eigenvalue weighted by Crippen LogP contribution is -2.22. The Morgan fingerprint density at radius 3 is 2.50 bits per heavy atom. The van der Waals surface area contributed by atoms with Crippen LogP contribution in [0.3, 0.4) is 0 Å². The van der Waals surface area contributed by atoms with Crippen LogP contribution in [-0.4, -0.2) is 24.7 Å². The number of halogens is 1. The Morgan fingerprint density at radius 1 is 1.44 bits per heavy atom. The molecule has 1 aromatic carbocycles. The predicted octanol–water partition coefficient (Wildman–Crippen LogP) is 2.37. The van der Waals surface area contributed by atoms with Gasteiger partial charge in [-0.3, -0.25) is 4.79 Å². The molecule has 1 atom stereocenters. The first-order valence-electron chi connectivity index (χ1n) is 5.20. The van der Waals surface area contributed by atoms with Crippen LogP contribution >= 0.6 is 0 Å². The third-order valence-electron chi connectivity index (χ3n) is 2.59. The fourth-order valence-electron chi connectivity index (χ4n) is 1.34. The van der Waals surface area contributed by atoms with Gasteiger partial charge in [0.15, 0.2) is 0 Å². The van der Waals surface area contributed by atoms with E-state index in [4.69, 9.17) is 5.11 Å². The third kappa shape index (κ3) is 3.53. The summed E-state index contributed by atoms with van der Waals surface area (Å²) >= 11 is 0. The van der Waals surface area contributed by atoms with Crippen molar-refractivity contribution in [3.63, 3.8) is 0 Å². The predicted molar refractivity (Wildman–Crippen MR) is 61.1 cm³/mol. The van der Waals surface area contributed by atoms with E-state index in [-0.39, 0.29) is 11.7 Å². The molecule has 1 rings (SSSR count). The van der Waals surface area contributed by atoms with E-state index in [2.05, 4.69) is 0 Å².